The van der Waals surface area contributed by atoms with Gasteiger partial charge in [-0.2, -0.15) is 10.5 Å². The quantitative estimate of drug-likeness (QED) is 0.193. The van der Waals surface area contributed by atoms with E-state index in [9.17, 15) is 10.5 Å². The lowest BCUT2D eigenvalue weighted by Gasteiger charge is -2.18. The molecule has 9 aromatic rings. The Hall–Kier alpha value is -6.40. The molecule has 6 aromatic carbocycles. The Morgan fingerprint density at radius 3 is 2.14 bits per heavy atom. The van der Waals surface area contributed by atoms with Crippen LogP contribution in [-0.2, 0) is 6.42 Å². The maximum absolute atomic E-state index is 10.1. The fourth-order valence-electron chi connectivity index (χ4n) is 7.93. The second kappa shape index (κ2) is 10.6. The molecule has 3 heterocycles. The second-order valence-electron chi connectivity index (χ2n) is 12.7. The van der Waals surface area contributed by atoms with E-state index in [-0.39, 0.29) is 5.92 Å². The van der Waals surface area contributed by atoms with Crippen LogP contribution in [0.25, 0.3) is 81.5 Å². The third-order valence-electron chi connectivity index (χ3n) is 10.1. The molecule has 10 rings (SSSR count). The van der Waals surface area contributed by atoms with E-state index in [4.69, 9.17) is 0 Å². The van der Waals surface area contributed by atoms with E-state index in [0.29, 0.717) is 12.0 Å². The predicted molar refractivity (Wildman–Crippen MR) is 202 cm³/mol. The van der Waals surface area contributed by atoms with Crippen LogP contribution in [0.15, 0.2) is 133 Å². The number of benzene rings is 6. The molecule has 0 aliphatic heterocycles. The molecule has 0 N–H and O–H groups in total. The summed E-state index contributed by atoms with van der Waals surface area (Å²) in [4.78, 5) is 0. The summed E-state index contributed by atoms with van der Waals surface area (Å²) in [5, 5.41) is 25.9. The third-order valence-corrected chi connectivity index (χ3v) is 11.3. The summed E-state index contributed by atoms with van der Waals surface area (Å²) >= 11 is 1.84. The number of rotatable bonds is 3. The van der Waals surface area contributed by atoms with Crippen LogP contribution in [0.2, 0.25) is 0 Å². The van der Waals surface area contributed by atoms with Gasteiger partial charge in [0, 0.05) is 54.1 Å². The zero-order chi connectivity index (χ0) is 32.6. The number of nitriles is 2. The van der Waals surface area contributed by atoms with Gasteiger partial charge in [-0.3, -0.25) is 0 Å². The predicted octanol–water partition coefficient (Wildman–Crippen LogP) is 11.3. The van der Waals surface area contributed by atoms with Crippen LogP contribution < -0.4 is 0 Å². The first-order valence-electron chi connectivity index (χ1n) is 16.4. The van der Waals surface area contributed by atoms with Crippen molar-refractivity contribution in [2.75, 3.05) is 0 Å². The van der Waals surface area contributed by atoms with Gasteiger partial charge < -0.3 is 9.13 Å². The first-order valence-corrected chi connectivity index (χ1v) is 17.2. The van der Waals surface area contributed by atoms with E-state index in [2.05, 4.69) is 143 Å². The summed E-state index contributed by atoms with van der Waals surface area (Å²) < 4.78 is 7.17. The van der Waals surface area contributed by atoms with Gasteiger partial charge in [0.1, 0.15) is 0 Å². The van der Waals surface area contributed by atoms with Gasteiger partial charge in [0.2, 0.25) is 0 Å². The second-order valence-corrected chi connectivity index (χ2v) is 13.7. The minimum Gasteiger partial charge on any atom is -0.309 e. The lowest BCUT2D eigenvalue weighted by atomic mass is 9.93. The summed E-state index contributed by atoms with van der Waals surface area (Å²) in [5.41, 5.74) is 10.6. The van der Waals surface area contributed by atoms with Gasteiger partial charge in [0.15, 0.2) is 0 Å². The Kier molecular flexibility index (Phi) is 5.96. The highest BCUT2D eigenvalue weighted by atomic mass is 32.1. The van der Waals surface area contributed by atoms with E-state index >= 15 is 0 Å². The Labute approximate surface area is 286 Å². The molecule has 4 nitrogen and oxygen atoms in total. The fourth-order valence-corrected chi connectivity index (χ4v) is 9.30. The topological polar surface area (TPSA) is 57.4 Å². The highest BCUT2D eigenvalue weighted by Crippen LogP contribution is 2.47. The van der Waals surface area contributed by atoms with E-state index in [1.807, 2.05) is 29.5 Å². The highest BCUT2D eigenvalue weighted by Gasteiger charge is 2.25. The highest BCUT2D eigenvalue weighted by molar-refractivity contribution is 7.27. The van der Waals surface area contributed by atoms with Crippen LogP contribution in [0, 0.1) is 28.6 Å². The van der Waals surface area contributed by atoms with Crippen molar-refractivity contribution in [1.82, 2.24) is 9.13 Å². The van der Waals surface area contributed by atoms with Gasteiger partial charge in [-0.05, 0) is 54.5 Å². The first-order chi connectivity index (χ1) is 24.2. The van der Waals surface area contributed by atoms with Crippen LogP contribution in [-0.4, -0.2) is 9.13 Å². The average molecular weight is 643 g/mol. The van der Waals surface area contributed by atoms with Crippen molar-refractivity contribution >= 4 is 70.3 Å². The van der Waals surface area contributed by atoms with Crippen LogP contribution in [0.1, 0.15) is 16.8 Å². The number of hydrogen-bond donors (Lipinski definition) is 0. The molecular weight excluding hydrogens is 617 g/mol. The van der Waals surface area contributed by atoms with Gasteiger partial charge in [0.25, 0.3) is 0 Å². The van der Waals surface area contributed by atoms with Gasteiger partial charge in [0.05, 0.1) is 50.6 Å². The molecule has 5 heteroatoms. The minimum atomic E-state index is -0.160. The van der Waals surface area contributed by atoms with Crippen molar-refractivity contribution in [2.24, 2.45) is 5.92 Å². The average Bonchev–Trinajstić information content (AvgIpc) is 3.82. The molecule has 1 unspecified atom stereocenters. The zero-order valence-corrected chi connectivity index (χ0v) is 27.1. The molecule has 1 atom stereocenters. The Bertz CT molecular complexity index is 2940. The van der Waals surface area contributed by atoms with E-state index in [1.54, 1.807) is 0 Å². The summed E-state index contributed by atoms with van der Waals surface area (Å²) in [7, 11) is 0. The number of fused-ring (bicyclic) bond motifs is 10. The molecule has 0 amide bonds. The monoisotopic (exact) mass is 642 g/mol. The van der Waals surface area contributed by atoms with Gasteiger partial charge in [-0.1, -0.05) is 97.1 Å². The number of hydrogen-bond acceptors (Lipinski definition) is 3. The molecule has 0 fully saturated rings. The van der Waals surface area contributed by atoms with Gasteiger partial charge in [-0.25, -0.2) is 0 Å². The van der Waals surface area contributed by atoms with Crippen molar-refractivity contribution in [1.29, 1.82) is 10.5 Å². The van der Waals surface area contributed by atoms with Crippen molar-refractivity contribution in [3.63, 3.8) is 0 Å². The van der Waals surface area contributed by atoms with Crippen molar-refractivity contribution in [2.45, 2.75) is 6.42 Å². The molecule has 49 heavy (non-hydrogen) atoms. The zero-order valence-electron chi connectivity index (χ0n) is 26.3. The molecule has 0 bridgehead atoms. The molecule has 228 valence electrons. The Morgan fingerprint density at radius 1 is 0.612 bits per heavy atom. The standard InChI is InChI=1S/C44H26N4S/c45-25-27-18-22-40-37(23-27)31-12-5-7-16-39(31)48(40)41-24-28(26-46)17-19-32(41)34-13-8-14-35-36-21-20-33-30-11-4-6-15-38(30)47(29-9-2-1-3-10-29)42(33)44(36)49-43(34)35/h1-22,24,27H,23H2. The van der Waals surface area contributed by atoms with Crippen LogP contribution in [0.4, 0.5) is 0 Å². The molecule has 3 aromatic heterocycles. The van der Waals surface area contributed by atoms with E-state index < -0.39 is 0 Å². The third kappa shape index (κ3) is 3.94. The molecule has 0 saturated heterocycles. The number of allylic oxidation sites excluding steroid dienone is 1. The smallest absolute Gasteiger partial charge is 0.0992 e. The van der Waals surface area contributed by atoms with Crippen molar-refractivity contribution in [3.8, 4) is 34.6 Å². The summed E-state index contributed by atoms with van der Waals surface area (Å²) in [6.45, 7) is 0. The van der Waals surface area contributed by atoms with E-state index in [1.165, 1.54) is 47.5 Å². The molecule has 0 saturated carbocycles. The normalized spacial score (nSPS) is 14.1. The molecular formula is C44H26N4S. The largest absolute Gasteiger partial charge is 0.309 e. The van der Waals surface area contributed by atoms with Crippen LogP contribution in [0.3, 0.4) is 0 Å². The molecule has 0 spiro atoms. The van der Waals surface area contributed by atoms with Crippen LogP contribution in [0.5, 0.6) is 0 Å². The summed E-state index contributed by atoms with van der Waals surface area (Å²) in [6.07, 6.45) is 4.77. The number of para-hydroxylation sites is 3. The number of aromatic nitrogens is 2. The number of nitrogens with zero attached hydrogens (tertiary/aromatic N) is 4. The van der Waals surface area contributed by atoms with Gasteiger partial charge >= 0.3 is 0 Å². The summed E-state index contributed by atoms with van der Waals surface area (Å²) in [6, 6.07) is 49.8. The Morgan fingerprint density at radius 2 is 1.33 bits per heavy atom. The molecule has 0 radical (unpaired) electrons. The van der Waals surface area contributed by atoms with Gasteiger partial charge in [-0.15, -0.1) is 11.3 Å². The maximum Gasteiger partial charge on any atom is 0.0992 e. The summed E-state index contributed by atoms with van der Waals surface area (Å²) in [5.74, 6) is -0.160. The number of thiophene rings is 1. The van der Waals surface area contributed by atoms with Crippen LogP contribution >= 0.6 is 11.3 Å². The fraction of sp³-hybridized carbons (Fsp3) is 0.0455. The Balaban J connectivity index is 1.29. The maximum atomic E-state index is 10.1. The molecule has 1 aliphatic carbocycles. The van der Waals surface area contributed by atoms with E-state index in [0.717, 1.165) is 39.1 Å². The SMILES string of the molecule is N#Cc1ccc(-c2cccc3c2sc2c3ccc3c4ccccc4n(-c4ccccc4)c32)c(-n2c3c(c4ccccc42)CC(C#N)C=C3)c1. The minimum absolute atomic E-state index is 0.160. The van der Waals surface area contributed by atoms with Crippen molar-refractivity contribution < 1.29 is 0 Å². The molecule has 1 aliphatic rings. The lowest BCUT2D eigenvalue weighted by Crippen LogP contribution is -2.07. The lowest BCUT2D eigenvalue weighted by molar-refractivity contribution is 0.809. The van der Waals surface area contributed by atoms with Crippen molar-refractivity contribution in [3.05, 3.63) is 150 Å². The first kappa shape index (κ1) is 27.7.